The molecule has 0 aliphatic rings. The van der Waals surface area contributed by atoms with Crippen LogP contribution in [0.4, 0.5) is 0 Å². The van der Waals surface area contributed by atoms with Gasteiger partial charge < -0.3 is 10.1 Å². The number of rotatable bonds is 8. The second-order valence-corrected chi connectivity index (χ2v) is 5.11. The Morgan fingerprint density at radius 3 is 2.86 bits per heavy atom. The molecule has 0 aliphatic heterocycles. The Balaban J connectivity index is 1.77. The second-order valence-electron chi connectivity index (χ2n) is 5.11. The first-order valence-corrected chi connectivity index (χ1v) is 7.49. The zero-order valence-electron chi connectivity index (χ0n) is 13.0. The lowest BCUT2D eigenvalue weighted by Crippen LogP contribution is -2.31. The molecule has 2 aromatic rings. The molecule has 118 valence electrons. The lowest BCUT2D eigenvalue weighted by Gasteiger charge is -2.14. The minimum atomic E-state index is -0.193. The highest BCUT2D eigenvalue weighted by molar-refractivity contribution is 5.77. The number of aryl methyl sites for hydroxylation is 1. The van der Waals surface area contributed by atoms with E-state index in [4.69, 9.17) is 4.74 Å². The van der Waals surface area contributed by atoms with Gasteiger partial charge in [0.1, 0.15) is 18.8 Å². The second kappa shape index (κ2) is 8.29. The lowest BCUT2D eigenvalue weighted by molar-refractivity contribution is -0.126. The van der Waals surface area contributed by atoms with Crippen LogP contribution in [0.3, 0.4) is 0 Å². The number of hydrogen-bond donors (Lipinski definition) is 1. The van der Waals surface area contributed by atoms with Crippen LogP contribution >= 0.6 is 0 Å². The lowest BCUT2D eigenvalue weighted by atomic mass is 10.2. The van der Waals surface area contributed by atoms with Crippen LogP contribution in [-0.2, 0) is 22.7 Å². The molecule has 1 amide bonds. The molecule has 0 bridgehead atoms. The number of aromatic nitrogens is 3. The van der Waals surface area contributed by atoms with Gasteiger partial charge in [0.15, 0.2) is 0 Å². The van der Waals surface area contributed by atoms with Gasteiger partial charge in [-0.05, 0) is 18.9 Å². The van der Waals surface area contributed by atoms with Gasteiger partial charge in [-0.1, -0.05) is 37.3 Å². The van der Waals surface area contributed by atoms with E-state index in [1.54, 1.807) is 0 Å². The maximum atomic E-state index is 11.9. The molecule has 22 heavy (non-hydrogen) atoms. The number of nitrogens with zero attached hydrogens (tertiary/aromatic N) is 3. The molecule has 6 heteroatoms. The first kappa shape index (κ1) is 16.2. The van der Waals surface area contributed by atoms with Crippen molar-refractivity contribution in [2.75, 3.05) is 6.61 Å². The molecule has 0 spiro atoms. The van der Waals surface area contributed by atoms with E-state index >= 15 is 0 Å². The molecular weight excluding hydrogens is 280 g/mol. The molecule has 0 radical (unpaired) electrons. The van der Waals surface area contributed by atoms with E-state index in [-0.39, 0.29) is 18.6 Å². The quantitative estimate of drug-likeness (QED) is 0.810. The number of hydrogen-bond acceptors (Lipinski definition) is 4. The van der Waals surface area contributed by atoms with Crippen molar-refractivity contribution in [3.05, 3.63) is 48.0 Å². The third-order valence-electron chi connectivity index (χ3n) is 3.19. The van der Waals surface area contributed by atoms with Crippen molar-refractivity contribution < 1.29 is 9.53 Å². The molecule has 0 aliphatic carbocycles. The zero-order chi connectivity index (χ0) is 15.8. The number of benzene rings is 1. The summed E-state index contributed by atoms with van der Waals surface area (Å²) in [7, 11) is 0. The monoisotopic (exact) mass is 302 g/mol. The Labute approximate surface area is 130 Å². The molecule has 0 saturated heterocycles. The summed E-state index contributed by atoms with van der Waals surface area (Å²) in [5, 5.41) is 7.04. The predicted molar refractivity (Wildman–Crippen MR) is 83.0 cm³/mol. The summed E-state index contributed by atoms with van der Waals surface area (Å²) in [5.74, 6) is 0.604. The minimum Gasteiger partial charge on any atom is -0.367 e. The topological polar surface area (TPSA) is 69.0 Å². The average molecular weight is 302 g/mol. The first-order chi connectivity index (χ1) is 10.7. The van der Waals surface area contributed by atoms with E-state index in [0.29, 0.717) is 6.61 Å². The molecule has 1 aromatic carbocycles. The van der Waals surface area contributed by atoms with Gasteiger partial charge in [0.05, 0.1) is 12.6 Å². The molecule has 0 unspecified atom stereocenters. The van der Waals surface area contributed by atoms with Gasteiger partial charge in [-0.15, -0.1) is 0 Å². The Morgan fingerprint density at radius 1 is 1.36 bits per heavy atom. The minimum absolute atomic E-state index is 0.0289. The molecule has 0 saturated carbocycles. The van der Waals surface area contributed by atoms with Crippen LogP contribution in [0.1, 0.15) is 37.7 Å². The Morgan fingerprint density at radius 2 is 2.14 bits per heavy atom. The molecule has 6 nitrogen and oxygen atoms in total. The van der Waals surface area contributed by atoms with Crippen molar-refractivity contribution in [1.82, 2.24) is 20.1 Å². The molecule has 1 atom stereocenters. The Hall–Kier alpha value is -2.21. The van der Waals surface area contributed by atoms with E-state index in [9.17, 15) is 4.79 Å². The Bertz CT molecular complexity index is 583. The van der Waals surface area contributed by atoms with Crippen molar-refractivity contribution in [3.8, 4) is 0 Å². The maximum absolute atomic E-state index is 11.9. The van der Waals surface area contributed by atoms with Crippen LogP contribution in [-0.4, -0.2) is 27.3 Å². The molecule has 2 rings (SSSR count). The normalized spacial score (nSPS) is 12.1. The van der Waals surface area contributed by atoms with Crippen LogP contribution in [0.5, 0.6) is 0 Å². The summed E-state index contributed by atoms with van der Waals surface area (Å²) in [5.41, 5.74) is 1.05. The van der Waals surface area contributed by atoms with E-state index in [1.165, 1.54) is 6.33 Å². The highest BCUT2D eigenvalue weighted by Crippen LogP contribution is 2.09. The standard InChI is InChI=1S/C16H22N4O2/c1-3-9-20-16(17-12-18-20)13(2)19-15(21)11-22-10-14-7-5-4-6-8-14/h4-8,12-13H,3,9-11H2,1-2H3,(H,19,21)/t13-/m0/s1. The average Bonchev–Trinajstić information content (AvgIpc) is 2.97. The van der Waals surface area contributed by atoms with Crippen LogP contribution < -0.4 is 5.32 Å². The van der Waals surface area contributed by atoms with Gasteiger partial charge in [-0.25, -0.2) is 9.67 Å². The molecule has 1 N–H and O–H groups in total. The summed E-state index contributed by atoms with van der Waals surface area (Å²) in [4.78, 5) is 16.1. The van der Waals surface area contributed by atoms with Gasteiger partial charge >= 0.3 is 0 Å². The molecule has 1 aromatic heterocycles. The highest BCUT2D eigenvalue weighted by Gasteiger charge is 2.15. The third-order valence-corrected chi connectivity index (χ3v) is 3.19. The van der Waals surface area contributed by atoms with Crippen LogP contribution in [0.25, 0.3) is 0 Å². The summed E-state index contributed by atoms with van der Waals surface area (Å²) < 4.78 is 7.24. The number of carbonyl (C=O) groups is 1. The van der Waals surface area contributed by atoms with Gasteiger partial charge in [0.25, 0.3) is 0 Å². The van der Waals surface area contributed by atoms with Crippen molar-refractivity contribution in [3.63, 3.8) is 0 Å². The fourth-order valence-electron chi connectivity index (χ4n) is 2.18. The van der Waals surface area contributed by atoms with Crippen molar-refractivity contribution in [1.29, 1.82) is 0 Å². The largest absolute Gasteiger partial charge is 0.367 e. The fourth-order valence-corrected chi connectivity index (χ4v) is 2.18. The third kappa shape index (κ3) is 4.66. The molecular formula is C16H22N4O2. The highest BCUT2D eigenvalue weighted by atomic mass is 16.5. The van der Waals surface area contributed by atoms with Gasteiger partial charge in [0.2, 0.25) is 5.91 Å². The molecule has 0 fully saturated rings. The predicted octanol–water partition coefficient (Wildman–Crippen LogP) is 2.08. The van der Waals surface area contributed by atoms with Gasteiger partial charge in [-0.2, -0.15) is 5.10 Å². The Kier molecular flexibility index (Phi) is 6.09. The summed E-state index contributed by atoms with van der Waals surface area (Å²) in [6, 6.07) is 9.58. The summed E-state index contributed by atoms with van der Waals surface area (Å²) in [6.07, 6.45) is 2.48. The zero-order valence-corrected chi connectivity index (χ0v) is 13.0. The molecule has 1 heterocycles. The van der Waals surface area contributed by atoms with Crippen LogP contribution in [0, 0.1) is 0 Å². The maximum Gasteiger partial charge on any atom is 0.246 e. The van der Waals surface area contributed by atoms with E-state index in [0.717, 1.165) is 24.4 Å². The van der Waals surface area contributed by atoms with E-state index in [2.05, 4.69) is 22.3 Å². The van der Waals surface area contributed by atoms with Crippen molar-refractivity contribution in [2.24, 2.45) is 0 Å². The van der Waals surface area contributed by atoms with Crippen molar-refractivity contribution in [2.45, 2.75) is 39.5 Å². The van der Waals surface area contributed by atoms with E-state index in [1.807, 2.05) is 41.9 Å². The van der Waals surface area contributed by atoms with Crippen molar-refractivity contribution >= 4 is 5.91 Å². The number of amides is 1. The van der Waals surface area contributed by atoms with Crippen LogP contribution in [0.2, 0.25) is 0 Å². The smallest absolute Gasteiger partial charge is 0.246 e. The first-order valence-electron chi connectivity index (χ1n) is 7.49. The van der Waals surface area contributed by atoms with E-state index < -0.39 is 0 Å². The SMILES string of the molecule is CCCn1ncnc1[C@H](C)NC(=O)COCc1ccccc1. The summed E-state index contributed by atoms with van der Waals surface area (Å²) >= 11 is 0. The number of carbonyl (C=O) groups excluding carboxylic acids is 1. The van der Waals surface area contributed by atoms with Crippen LogP contribution in [0.15, 0.2) is 36.7 Å². The summed E-state index contributed by atoms with van der Waals surface area (Å²) in [6.45, 7) is 5.22. The fraction of sp³-hybridized carbons (Fsp3) is 0.438. The number of nitrogens with one attached hydrogen (secondary N) is 1. The van der Waals surface area contributed by atoms with Gasteiger partial charge in [-0.3, -0.25) is 4.79 Å². The number of ether oxygens (including phenoxy) is 1. The van der Waals surface area contributed by atoms with Gasteiger partial charge in [0, 0.05) is 6.54 Å².